The van der Waals surface area contributed by atoms with Gasteiger partial charge in [-0.2, -0.15) is 0 Å². The maximum absolute atomic E-state index is 6.58. The highest BCUT2D eigenvalue weighted by molar-refractivity contribution is 5.17. The molecule has 6 nitrogen and oxygen atoms in total. The minimum Gasteiger partial charge on any atom is -0.369 e. The van der Waals surface area contributed by atoms with Crippen LogP contribution in [0.1, 0.15) is 30.3 Å². The number of benzene rings is 2. The topological polar surface area (TPSA) is 72.2 Å². The van der Waals surface area contributed by atoms with Gasteiger partial charge >= 0.3 is 0 Å². The number of allylic oxidation sites excluding steroid dienone is 1. The predicted molar refractivity (Wildman–Crippen MR) is 117 cm³/mol. The highest BCUT2D eigenvalue weighted by atomic mass is 16.7. The number of unbranched alkanes of at least 4 members (excludes halogenated alkanes) is 1. The minimum absolute atomic E-state index is 0.315. The lowest BCUT2D eigenvalue weighted by Gasteiger charge is -2.48. The Balaban J connectivity index is 1.47. The molecule has 2 heterocycles. The average Bonchev–Trinajstić information content (AvgIpc) is 2.82. The molecular weight excluding hydrogens is 394 g/mol. The third-order valence-electron chi connectivity index (χ3n) is 5.58. The summed E-state index contributed by atoms with van der Waals surface area (Å²) in [6.45, 7) is 5.11. The third kappa shape index (κ3) is 5.60. The lowest BCUT2D eigenvalue weighted by Crippen LogP contribution is -2.65. The van der Waals surface area contributed by atoms with E-state index in [-0.39, 0.29) is 12.2 Å². The Kier molecular flexibility index (Phi) is 7.86. The van der Waals surface area contributed by atoms with Crippen LogP contribution < -0.4 is 5.73 Å². The molecule has 0 bridgehead atoms. The van der Waals surface area contributed by atoms with Crippen molar-refractivity contribution in [3.8, 4) is 0 Å². The van der Waals surface area contributed by atoms with Crippen molar-refractivity contribution in [1.82, 2.24) is 0 Å². The molecule has 31 heavy (non-hydrogen) atoms. The van der Waals surface area contributed by atoms with Gasteiger partial charge in [-0.15, -0.1) is 6.58 Å². The van der Waals surface area contributed by atoms with Gasteiger partial charge in [0, 0.05) is 5.56 Å². The molecule has 0 spiro atoms. The van der Waals surface area contributed by atoms with E-state index in [0.717, 1.165) is 24.0 Å². The number of hydrogen-bond donors (Lipinski definition) is 1. The Hall–Kier alpha value is -2.06. The van der Waals surface area contributed by atoms with Crippen LogP contribution in [0.15, 0.2) is 73.3 Å². The zero-order valence-corrected chi connectivity index (χ0v) is 17.7. The van der Waals surface area contributed by atoms with E-state index in [1.807, 2.05) is 66.7 Å². The second-order valence-corrected chi connectivity index (χ2v) is 7.86. The zero-order chi connectivity index (χ0) is 21.5. The molecule has 2 saturated heterocycles. The van der Waals surface area contributed by atoms with Crippen molar-refractivity contribution in [3.63, 3.8) is 0 Å². The highest BCUT2D eigenvalue weighted by Crippen LogP contribution is 2.35. The normalized spacial score (nSPS) is 30.5. The number of rotatable bonds is 9. The minimum atomic E-state index is -0.577. The summed E-state index contributed by atoms with van der Waals surface area (Å²) in [4.78, 5) is 0. The van der Waals surface area contributed by atoms with Gasteiger partial charge in [0.25, 0.3) is 0 Å². The van der Waals surface area contributed by atoms with E-state index in [9.17, 15) is 0 Å². The predicted octanol–water partition coefficient (Wildman–Crippen LogP) is 3.72. The lowest BCUT2D eigenvalue weighted by atomic mass is 9.96. The van der Waals surface area contributed by atoms with E-state index in [0.29, 0.717) is 19.8 Å². The SMILES string of the molecule is C=CCCCO[C@@H]1O[C@@H]2CO[C@@H](c3ccccc3)O[C@H]2[C@H](OCc2ccccc2)[C@H]1N. The van der Waals surface area contributed by atoms with Crippen molar-refractivity contribution in [1.29, 1.82) is 0 Å². The smallest absolute Gasteiger partial charge is 0.184 e. The van der Waals surface area contributed by atoms with Crippen LogP contribution in [0.4, 0.5) is 0 Å². The van der Waals surface area contributed by atoms with Gasteiger partial charge in [0.2, 0.25) is 0 Å². The molecular formula is C25H31NO5. The molecule has 0 aromatic heterocycles. The lowest BCUT2D eigenvalue weighted by molar-refractivity contribution is -0.347. The fourth-order valence-electron chi connectivity index (χ4n) is 3.92. The van der Waals surface area contributed by atoms with E-state index < -0.39 is 24.7 Å². The van der Waals surface area contributed by atoms with Crippen molar-refractivity contribution >= 4 is 0 Å². The maximum Gasteiger partial charge on any atom is 0.184 e. The molecule has 0 saturated carbocycles. The summed E-state index contributed by atoms with van der Waals surface area (Å²) in [7, 11) is 0. The maximum atomic E-state index is 6.58. The Labute approximate surface area is 183 Å². The van der Waals surface area contributed by atoms with Crippen LogP contribution >= 0.6 is 0 Å². The second-order valence-electron chi connectivity index (χ2n) is 7.86. The molecule has 2 aromatic carbocycles. The standard InChI is InChI=1S/C25H31NO5/c1-2-3-10-15-27-25-21(26)23(28-16-18-11-6-4-7-12-18)22-20(30-25)17-29-24(31-22)19-13-8-5-9-14-19/h2,4-9,11-14,20-25H,1,3,10,15-17,26H2/t20-,21-,22-,23-,24-,25-/m1/s1. The molecule has 2 aromatic rings. The molecule has 166 valence electrons. The quantitative estimate of drug-likeness (QED) is 0.488. The molecule has 6 atom stereocenters. The van der Waals surface area contributed by atoms with Crippen molar-refractivity contribution in [2.45, 2.75) is 56.4 Å². The Bertz CT molecular complexity index is 802. The first-order valence-corrected chi connectivity index (χ1v) is 10.9. The first-order chi connectivity index (χ1) is 15.3. The van der Waals surface area contributed by atoms with E-state index in [4.69, 9.17) is 29.4 Å². The molecule has 2 N–H and O–H groups in total. The molecule has 0 radical (unpaired) electrons. The summed E-state index contributed by atoms with van der Waals surface area (Å²) in [5, 5.41) is 0. The Morgan fingerprint density at radius 3 is 2.48 bits per heavy atom. The van der Waals surface area contributed by atoms with Gasteiger partial charge in [-0.1, -0.05) is 66.7 Å². The van der Waals surface area contributed by atoms with Crippen LogP contribution in [-0.2, 0) is 30.3 Å². The van der Waals surface area contributed by atoms with Crippen LogP contribution in [0.2, 0.25) is 0 Å². The van der Waals surface area contributed by atoms with Gasteiger partial charge < -0.3 is 29.4 Å². The van der Waals surface area contributed by atoms with Gasteiger partial charge in [-0.05, 0) is 18.4 Å². The van der Waals surface area contributed by atoms with E-state index >= 15 is 0 Å². The summed E-state index contributed by atoms with van der Waals surface area (Å²) >= 11 is 0. The number of hydrogen-bond acceptors (Lipinski definition) is 6. The molecule has 4 rings (SSSR count). The molecule has 2 aliphatic rings. The molecule has 2 aliphatic heterocycles. The Morgan fingerprint density at radius 1 is 1.00 bits per heavy atom. The first-order valence-electron chi connectivity index (χ1n) is 10.9. The second kappa shape index (κ2) is 11.0. The third-order valence-corrected chi connectivity index (χ3v) is 5.58. The van der Waals surface area contributed by atoms with Gasteiger partial charge in [-0.25, -0.2) is 0 Å². The van der Waals surface area contributed by atoms with Crippen molar-refractivity contribution in [2.24, 2.45) is 5.73 Å². The number of fused-ring (bicyclic) bond motifs is 1. The van der Waals surface area contributed by atoms with E-state index in [2.05, 4.69) is 6.58 Å². The molecule has 0 aliphatic carbocycles. The van der Waals surface area contributed by atoms with Crippen LogP contribution in [0.3, 0.4) is 0 Å². The van der Waals surface area contributed by atoms with Crippen LogP contribution in [0.25, 0.3) is 0 Å². The average molecular weight is 426 g/mol. The van der Waals surface area contributed by atoms with Crippen molar-refractivity contribution in [2.75, 3.05) is 13.2 Å². The fourth-order valence-corrected chi connectivity index (χ4v) is 3.92. The summed E-state index contributed by atoms with van der Waals surface area (Å²) < 4.78 is 30.7. The summed E-state index contributed by atoms with van der Waals surface area (Å²) in [5.41, 5.74) is 8.61. The molecule has 6 heteroatoms. The Morgan fingerprint density at radius 2 is 1.74 bits per heavy atom. The highest BCUT2D eigenvalue weighted by Gasteiger charge is 2.49. The van der Waals surface area contributed by atoms with Gasteiger partial charge in [0.1, 0.15) is 18.3 Å². The summed E-state index contributed by atoms with van der Waals surface area (Å²) in [6, 6.07) is 19.4. The van der Waals surface area contributed by atoms with Crippen molar-refractivity contribution < 1.29 is 23.7 Å². The largest absolute Gasteiger partial charge is 0.369 e. The molecule has 0 unspecified atom stereocenters. The van der Waals surface area contributed by atoms with Gasteiger partial charge in [0.15, 0.2) is 12.6 Å². The van der Waals surface area contributed by atoms with E-state index in [1.165, 1.54) is 0 Å². The number of ether oxygens (including phenoxy) is 5. The van der Waals surface area contributed by atoms with Crippen LogP contribution in [-0.4, -0.2) is 43.9 Å². The van der Waals surface area contributed by atoms with Gasteiger partial charge in [0.05, 0.1) is 25.9 Å². The first kappa shape index (κ1) is 22.1. The fraction of sp³-hybridized carbons (Fsp3) is 0.440. The van der Waals surface area contributed by atoms with Crippen LogP contribution in [0, 0.1) is 0 Å². The monoisotopic (exact) mass is 425 g/mol. The van der Waals surface area contributed by atoms with Crippen molar-refractivity contribution in [3.05, 3.63) is 84.4 Å². The summed E-state index contributed by atoms with van der Waals surface area (Å²) in [6.07, 6.45) is 1.50. The molecule has 0 amide bonds. The number of nitrogens with two attached hydrogens (primary N) is 1. The summed E-state index contributed by atoms with van der Waals surface area (Å²) in [5.74, 6) is 0. The molecule has 2 fully saturated rings. The van der Waals surface area contributed by atoms with Gasteiger partial charge in [-0.3, -0.25) is 0 Å². The zero-order valence-electron chi connectivity index (χ0n) is 17.7. The van der Waals surface area contributed by atoms with Crippen LogP contribution in [0.5, 0.6) is 0 Å². The van der Waals surface area contributed by atoms with E-state index in [1.54, 1.807) is 0 Å².